The van der Waals surface area contributed by atoms with E-state index in [-0.39, 0.29) is 29.9 Å². The van der Waals surface area contributed by atoms with E-state index < -0.39 is 10.8 Å². The maximum absolute atomic E-state index is 12.3. The van der Waals surface area contributed by atoms with Gasteiger partial charge in [0.25, 0.3) is 17.2 Å². The Balaban J connectivity index is 1.63. The molecule has 0 atom stereocenters. The Morgan fingerprint density at radius 1 is 1.20 bits per heavy atom. The molecule has 1 N–H and O–H groups in total. The number of carbonyl (C=O) groups is 1. The van der Waals surface area contributed by atoms with Gasteiger partial charge in [0, 0.05) is 41.9 Å². The first-order chi connectivity index (χ1) is 14.4. The van der Waals surface area contributed by atoms with Crippen molar-refractivity contribution < 1.29 is 14.5 Å². The second-order valence-electron chi connectivity index (χ2n) is 6.55. The van der Waals surface area contributed by atoms with Crippen molar-refractivity contribution in [2.75, 3.05) is 13.7 Å². The quantitative estimate of drug-likeness (QED) is 0.474. The van der Waals surface area contributed by atoms with Crippen LogP contribution in [0.5, 0.6) is 5.75 Å². The van der Waals surface area contributed by atoms with Crippen LogP contribution in [0, 0.1) is 17.0 Å². The maximum Gasteiger partial charge on any atom is 0.273 e. The zero-order chi connectivity index (χ0) is 21.7. The Kier molecular flexibility index (Phi) is 6.21. The van der Waals surface area contributed by atoms with Crippen molar-refractivity contribution in [1.29, 1.82) is 0 Å². The number of ether oxygens (including phenoxy) is 1. The first-order valence-electron chi connectivity index (χ1n) is 9.13. The summed E-state index contributed by atoms with van der Waals surface area (Å²) in [5, 5.41) is 13.7. The van der Waals surface area contributed by atoms with Gasteiger partial charge in [0.1, 0.15) is 5.75 Å². The molecule has 0 saturated heterocycles. The summed E-state index contributed by atoms with van der Waals surface area (Å²) >= 11 is 0. The molecule has 2 aromatic carbocycles. The standard InChI is InChI=1S/C21H20N4O5/c1-14-3-4-16(11-19(14)25(28)29)21(27)22-9-10-24-13-23-18(12-20(24)26)15-5-7-17(30-2)8-6-15/h3-8,11-13H,9-10H2,1-2H3,(H,22,27). The van der Waals surface area contributed by atoms with E-state index in [9.17, 15) is 19.7 Å². The van der Waals surface area contributed by atoms with Gasteiger partial charge in [0.05, 0.1) is 24.1 Å². The van der Waals surface area contributed by atoms with Crippen LogP contribution in [0.15, 0.2) is 59.7 Å². The highest BCUT2D eigenvalue weighted by atomic mass is 16.6. The van der Waals surface area contributed by atoms with E-state index in [4.69, 9.17) is 4.74 Å². The molecule has 0 aliphatic heterocycles. The lowest BCUT2D eigenvalue weighted by molar-refractivity contribution is -0.385. The summed E-state index contributed by atoms with van der Waals surface area (Å²) in [4.78, 5) is 39.4. The molecule has 9 nitrogen and oxygen atoms in total. The molecule has 3 aromatic rings. The molecule has 1 aromatic heterocycles. The molecular formula is C21H20N4O5. The van der Waals surface area contributed by atoms with Crippen molar-refractivity contribution >= 4 is 11.6 Å². The van der Waals surface area contributed by atoms with Crippen LogP contribution in [-0.2, 0) is 6.54 Å². The van der Waals surface area contributed by atoms with Crippen LogP contribution in [0.1, 0.15) is 15.9 Å². The van der Waals surface area contributed by atoms with Gasteiger partial charge in [0.15, 0.2) is 0 Å². The third kappa shape index (κ3) is 4.69. The fourth-order valence-corrected chi connectivity index (χ4v) is 2.85. The van der Waals surface area contributed by atoms with Crippen molar-refractivity contribution in [2.24, 2.45) is 0 Å². The smallest absolute Gasteiger partial charge is 0.273 e. The molecule has 3 rings (SSSR count). The van der Waals surface area contributed by atoms with Gasteiger partial charge >= 0.3 is 0 Å². The van der Waals surface area contributed by atoms with Crippen LogP contribution in [0.2, 0.25) is 0 Å². The fraction of sp³-hybridized carbons (Fsp3) is 0.190. The number of methoxy groups -OCH3 is 1. The molecule has 0 saturated carbocycles. The molecule has 0 bridgehead atoms. The first-order valence-corrected chi connectivity index (χ1v) is 9.13. The van der Waals surface area contributed by atoms with E-state index in [2.05, 4.69) is 10.3 Å². The Hall–Kier alpha value is -4.01. The molecule has 0 radical (unpaired) electrons. The molecule has 1 heterocycles. The number of nitro groups is 1. The van der Waals surface area contributed by atoms with Crippen LogP contribution in [-0.4, -0.2) is 34.0 Å². The number of hydrogen-bond acceptors (Lipinski definition) is 6. The lowest BCUT2D eigenvalue weighted by atomic mass is 10.1. The molecular weight excluding hydrogens is 388 g/mol. The molecule has 0 aliphatic carbocycles. The zero-order valence-electron chi connectivity index (χ0n) is 16.5. The summed E-state index contributed by atoms with van der Waals surface area (Å²) in [6, 6.07) is 12.9. The molecule has 154 valence electrons. The molecule has 1 amide bonds. The minimum Gasteiger partial charge on any atom is -0.497 e. The van der Waals surface area contributed by atoms with Gasteiger partial charge in [-0.05, 0) is 37.3 Å². The van der Waals surface area contributed by atoms with Crippen LogP contribution in [0.25, 0.3) is 11.3 Å². The lowest BCUT2D eigenvalue weighted by Crippen LogP contribution is -2.30. The minimum atomic E-state index is -0.526. The SMILES string of the molecule is COc1ccc(-c2cc(=O)n(CCNC(=O)c3ccc(C)c([N+](=O)[O-])c3)cn2)cc1. The second-order valence-corrected chi connectivity index (χ2v) is 6.55. The van der Waals surface area contributed by atoms with Crippen molar-refractivity contribution in [1.82, 2.24) is 14.9 Å². The predicted molar refractivity (Wildman–Crippen MR) is 111 cm³/mol. The normalized spacial score (nSPS) is 10.5. The number of nitro benzene ring substituents is 1. The van der Waals surface area contributed by atoms with E-state index in [0.717, 1.165) is 5.56 Å². The highest BCUT2D eigenvalue weighted by molar-refractivity contribution is 5.94. The van der Waals surface area contributed by atoms with Gasteiger partial charge in [-0.1, -0.05) is 6.07 Å². The average molecular weight is 408 g/mol. The topological polar surface area (TPSA) is 116 Å². The van der Waals surface area contributed by atoms with Gasteiger partial charge in [0.2, 0.25) is 0 Å². The number of carbonyl (C=O) groups excluding carboxylic acids is 1. The lowest BCUT2D eigenvalue weighted by Gasteiger charge is -2.09. The Morgan fingerprint density at radius 2 is 1.93 bits per heavy atom. The summed E-state index contributed by atoms with van der Waals surface area (Å²) < 4.78 is 6.49. The van der Waals surface area contributed by atoms with Crippen LogP contribution in [0.4, 0.5) is 5.69 Å². The van der Waals surface area contributed by atoms with Gasteiger partial charge in [-0.15, -0.1) is 0 Å². The summed E-state index contributed by atoms with van der Waals surface area (Å²) in [6.45, 7) is 1.99. The van der Waals surface area contributed by atoms with Crippen LogP contribution in [0.3, 0.4) is 0 Å². The molecule has 0 aliphatic rings. The number of benzene rings is 2. The zero-order valence-corrected chi connectivity index (χ0v) is 16.5. The fourth-order valence-electron chi connectivity index (χ4n) is 2.85. The predicted octanol–water partition coefficient (Wildman–Crippen LogP) is 2.57. The largest absolute Gasteiger partial charge is 0.497 e. The van der Waals surface area contributed by atoms with Crippen molar-refractivity contribution in [3.8, 4) is 17.0 Å². The van der Waals surface area contributed by atoms with E-state index in [1.54, 1.807) is 26.2 Å². The molecule has 0 unspecified atom stereocenters. The Bertz CT molecular complexity index is 1140. The van der Waals surface area contributed by atoms with E-state index >= 15 is 0 Å². The number of aryl methyl sites for hydroxylation is 1. The summed E-state index contributed by atoms with van der Waals surface area (Å²) in [5.74, 6) is 0.260. The number of nitrogens with one attached hydrogen (secondary N) is 1. The van der Waals surface area contributed by atoms with Gasteiger partial charge in [-0.25, -0.2) is 4.98 Å². The van der Waals surface area contributed by atoms with Crippen LogP contribution < -0.4 is 15.6 Å². The summed E-state index contributed by atoms with van der Waals surface area (Å²) in [7, 11) is 1.58. The average Bonchev–Trinajstić information content (AvgIpc) is 2.75. The van der Waals surface area contributed by atoms with Crippen molar-refractivity contribution in [3.05, 3.63) is 86.5 Å². The van der Waals surface area contributed by atoms with Crippen molar-refractivity contribution in [2.45, 2.75) is 13.5 Å². The number of hydrogen-bond donors (Lipinski definition) is 1. The number of nitrogens with zero attached hydrogens (tertiary/aromatic N) is 3. The highest BCUT2D eigenvalue weighted by Crippen LogP contribution is 2.20. The molecule has 9 heteroatoms. The second kappa shape index (κ2) is 8.99. The highest BCUT2D eigenvalue weighted by Gasteiger charge is 2.14. The molecule has 0 fully saturated rings. The Labute approximate surface area is 172 Å². The van der Waals surface area contributed by atoms with Gasteiger partial charge in [-0.2, -0.15) is 0 Å². The van der Waals surface area contributed by atoms with Crippen LogP contribution >= 0.6 is 0 Å². The monoisotopic (exact) mass is 408 g/mol. The number of amides is 1. The van der Waals surface area contributed by atoms with E-state index in [1.807, 2.05) is 12.1 Å². The number of rotatable bonds is 7. The molecule has 0 spiro atoms. The summed E-state index contributed by atoms with van der Waals surface area (Å²) in [6.07, 6.45) is 1.42. The number of aromatic nitrogens is 2. The summed E-state index contributed by atoms with van der Waals surface area (Å²) in [5.41, 5.74) is 1.62. The molecule has 30 heavy (non-hydrogen) atoms. The maximum atomic E-state index is 12.3. The third-order valence-corrected chi connectivity index (χ3v) is 4.57. The van der Waals surface area contributed by atoms with Gasteiger partial charge in [-0.3, -0.25) is 24.3 Å². The Morgan fingerprint density at radius 3 is 2.57 bits per heavy atom. The third-order valence-electron chi connectivity index (χ3n) is 4.57. The first kappa shape index (κ1) is 20.7. The van der Waals surface area contributed by atoms with E-state index in [1.165, 1.54) is 35.2 Å². The minimum absolute atomic E-state index is 0.114. The van der Waals surface area contributed by atoms with Crippen molar-refractivity contribution in [3.63, 3.8) is 0 Å². The van der Waals surface area contributed by atoms with Gasteiger partial charge < -0.3 is 10.1 Å². The van der Waals surface area contributed by atoms with E-state index in [0.29, 0.717) is 17.0 Å².